The Balaban J connectivity index is 1.14. The van der Waals surface area contributed by atoms with Gasteiger partial charge in [-0.3, -0.25) is 14.2 Å². The first-order chi connectivity index (χ1) is 20.5. The zero-order valence-corrected chi connectivity index (χ0v) is 24.2. The molecule has 1 amide bonds. The van der Waals surface area contributed by atoms with Crippen molar-refractivity contribution in [1.29, 1.82) is 0 Å². The molecule has 5 aromatic rings. The summed E-state index contributed by atoms with van der Waals surface area (Å²) < 4.78 is 2.09. The second-order valence-electron chi connectivity index (χ2n) is 9.75. The largest absolute Gasteiger partial charge is 0.350 e. The van der Waals surface area contributed by atoms with Crippen LogP contribution >= 0.6 is 23.4 Å². The molecule has 2 heterocycles. The average molecular weight is 592 g/mol. The van der Waals surface area contributed by atoms with Crippen LogP contribution in [0.4, 0.5) is 11.4 Å². The van der Waals surface area contributed by atoms with Gasteiger partial charge in [0.1, 0.15) is 6.17 Å². The van der Waals surface area contributed by atoms with E-state index >= 15 is 0 Å². The van der Waals surface area contributed by atoms with Gasteiger partial charge in [0.2, 0.25) is 5.91 Å². The molecule has 0 saturated heterocycles. The van der Waals surface area contributed by atoms with Gasteiger partial charge in [-0.2, -0.15) is 0 Å². The van der Waals surface area contributed by atoms with Gasteiger partial charge in [-0.15, -0.1) is 10.2 Å². The molecule has 42 heavy (non-hydrogen) atoms. The Bertz CT molecular complexity index is 1770. The van der Waals surface area contributed by atoms with E-state index in [2.05, 4.69) is 50.2 Å². The number of carbonyl (C=O) groups is 2. The SMILES string of the molecule is CN1c2ccccc2-c2nnc(SCC(=O)Nc3ccc(C(=O)/C=C/c4ccc(Cl)cc4)cc3)n2C1c1ccccc1. The quantitative estimate of drug-likeness (QED) is 0.117. The number of nitrogens with zero attached hydrogens (tertiary/aromatic N) is 4. The second kappa shape index (κ2) is 12.1. The van der Waals surface area contributed by atoms with Gasteiger partial charge in [0, 0.05) is 34.6 Å². The number of amides is 1. The Labute approximate surface area is 252 Å². The van der Waals surface area contributed by atoms with Crippen LogP contribution < -0.4 is 10.2 Å². The van der Waals surface area contributed by atoms with Gasteiger partial charge in [-0.05, 0) is 65.7 Å². The van der Waals surface area contributed by atoms with E-state index < -0.39 is 0 Å². The predicted molar refractivity (Wildman–Crippen MR) is 169 cm³/mol. The first kappa shape index (κ1) is 27.5. The van der Waals surface area contributed by atoms with Crippen LogP contribution in [0.3, 0.4) is 0 Å². The molecule has 0 saturated carbocycles. The Morgan fingerprint density at radius 1 is 0.905 bits per heavy atom. The molecule has 0 radical (unpaired) electrons. The number of halogens is 1. The Morgan fingerprint density at radius 3 is 2.38 bits per heavy atom. The maximum Gasteiger partial charge on any atom is 0.234 e. The van der Waals surface area contributed by atoms with E-state index in [0.717, 1.165) is 28.2 Å². The molecular weight excluding hydrogens is 566 g/mol. The van der Waals surface area contributed by atoms with E-state index in [1.807, 2.05) is 48.5 Å². The normalized spacial score (nSPS) is 14.0. The van der Waals surface area contributed by atoms with Crippen molar-refractivity contribution in [2.45, 2.75) is 11.3 Å². The van der Waals surface area contributed by atoms with Gasteiger partial charge in [-0.1, -0.05) is 84.0 Å². The van der Waals surface area contributed by atoms with Gasteiger partial charge in [0.25, 0.3) is 0 Å². The van der Waals surface area contributed by atoms with Crippen LogP contribution in [0.25, 0.3) is 17.5 Å². The molecule has 1 aliphatic rings. The molecule has 0 bridgehead atoms. The second-order valence-corrected chi connectivity index (χ2v) is 11.1. The third-order valence-corrected chi connectivity index (χ3v) is 8.18. The monoisotopic (exact) mass is 591 g/mol. The third kappa shape index (κ3) is 5.72. The summed E-state index contributed by atoms with van der Waals surface area (Å²) in [5, 5.41) is 13.2. The van der Waals surface area contributed by atoms with Crippen LogP contribution in [0, 0.1) is 0 Å². The molecule has 6 rings (SSSR count). The van der Waals surface area contributed by atoms with E-state index in [0.29, 0.717) is 21.4 Å². The number of anilines is 2. The van der Waals surface area contributed by atoms with Crippen molar-refractivity contribution in [3.8, 4) is 11.4 Å². The summed E-state index contributed by atoms with van der Waals surface area (Å²) in [7, 11) is 2.06. The summed E-state index contributed by atoms with van der Waals surface area (Å²) in [6.45, 7) is 0. The topological polar surface area (TPSA) is 80.1 Å². The number of thioether (sulfide) groups is 1. The number of aromatic nitrogens is 3. The Morgan fingerprint density at radius 2 is 1.62 bits per heavy atom. The van der Waals surface area contributed by atoms with Crippen molar-refractivity contribution in [3.05, 3.63) is 131 Å². The molecule has 208 valence electrons. The zero-order chi connectivity index (χ0) is 29.1. The van der Waals surface area contributed by atoms with Gasteiger partial charge in [0.15, 0.2) is 16.8 Å². The first-order valence-corrected chi connectivity index (χ1v) is 14.7. The predicted octanol–water partition coefficient (Wildman–Crippen LogP) is 7.22. The summed E-state index contributed by atoms with van der Waals surface area (Å²) in [4.78, 5) is 27.7. The molecule has 0 fully saturated rings. The molecule has 0 spiro atoms. The van der Waals surface area contributed by atoms with Crippen LogP contribution in [-0.2, 0) is 4.79 Å². The number of hydrogen-bond acceptors (Lipinski definition) is 6. The lowest BCUT2D eigenvalue weighted by atomic mass is 10.0. The minimum absolute atomic E-state index is 0.130. The number of allylic oxidation sites excluding steroid dienone is 1. The van der Waals surface area contributed by atoms with E-state index in [4.69, 9.17) is 11.6 Å². The summed E-state index contributed by atoms with van der Waals surface area (Å²) in [6, 6.07) is 32.4. The van der Waals surface area contributed by atoms with Crippen molar-refractivity contribution >= 4 is 52.5 Å². The van der Waals surface area contributed by atoms with Crippen molar-refractivity contribution in [1.82, 2.24) is 14.8 Å². The highest BCUT2D eigenvalue weighted by atomic mass is 35.5. The first-order valence-electron chi connectivity index (χ1n) is 13.3. The molecule has 1 aliphatic heterocycles. The van der Waals surface area contributed by atoms with Gasteiger partial charge in [-0.25, -0.2) is 0 Å². The highest BCUT2D eigenvalue weighted by molar-refractivity contribution is 7.99. The fraction of sp³-hybridized carbons (Fsp3) is 0.0909. The number of fused-ring (bicyclic) bond motifs is 3. The van der Waals surface area contributed by atoms with E-state index in [1.165, 1.54) is 17.8 Å². The summed E-state index contributed by atoms with van der Waals surface area (Å²) >= 11 is 7.25. The van der Waals surface area contributed by atoms with Crippen molar-refractivity contribution in [3.63, 3.8) is 0 Å². The number of hydrogen-bond donors (Lipinski definition) is 1. The number of rotatable bonds is 8. The molecule has 1 N–H and O–H groups in total. The summed E-state index contributed by atoms with van der Waals surface area (Å²) in [5.41, 5.74) is 5.18. The lowest BCUT2D eigenvalue weighted by Gasteiger charge is -2.37. The number of benzene rings is 4. The Hall–Kier alpha value is -4.66. The zero-order valence-electron chi connectivity index (χ0n) is 22.6. The van der Waals surface area contributed by atoms with Crippen molar-refractivity contribution < 1.29 is 9.59 Å². The number of para-hydroxylation sites is 1. The molecule has 1 aromatic heterocycles. The van der Waals surface area contributed by atoms with Crippen LogP contribution in [0.15, 0.2) is 114 Å². The number of ketones is 1. The third-order valence-electron chi connectivity index (χ3n) is 6.98. The Kier molecular flexibility index (Phi) is 7.90. The number of carbonyl (C=O) groups excluding carboxylic acids is 2. The highest BCUT2D eigenvalue weighted by Gasteiger charge is 2.33. The molecule has 9 heteroatoms. The van der Waals surface area contributed by atoms with E-state index in [1.54, 1.807) is 42.5 Å². The number of nitrogens with one attached hydrogen (secondary N) is 1. The van der Waals surface area contributed by atoms with E-state index in [-0.39, 0.29) is 23.6 Å². The molecule has 1 unspecified atom stereocenters. The molecule has 7 nitrogen and oxygen atoms in total. The van der Waals surface area contributed by atoms with Gasteiger partial charge in [0.05, 0.1) is 5.75 Å². The fourth-order valence-electron chi connectivity index (χ4n) is 4.94. The maximum absolute atomic E-state index is 12.9. The fourth-order valence-corrected chi connectivity index (χ4v) is 5.82. The molecule has 1 atom stereocenters. The van der Waals surface area contributed by atoms with Crippen LogP contribution in [0.1, 0.15) is 27.7 Å². The molecular formula is C33H26ClN5O2S. The molecule has 4 aromatic carbocycles. The average Bonchev–Trinajstić information content (AvgIpc) is 3.44. The highest BCUT2D eigenvalue weighted by Crippen LogP contribution is 2.43. The summed E-state index contributed by atoms with van der Waals surface area (Å²) in [5.74, 6) is 0.607. The lowest BCUT2D eigenvalue weighted by Crippen LogP contribution is -2.34. The minimum atomic E-state index is -0.181. The van der Waals surface area contributed by atoms with E-state index in [9.17, 15) is 9.59 Å². The van der Waals surface area contributed by atoms with Crippen molar-refractivity contribution in [2.75, 3.05) is 23.0 Å². The van der Waals surface area contributed by atoms with Crippen molar-refractivity contribution in [2.24, 2.45) is 0 Å². The summed E-state index contributed by atoms with van der Waals surface area (Å²) in [6.07, 6.45) is 3.11. The standard InChI is InChI=1S/C33H26ClN5O2S/c1-38-28-10-6-5-9-27(28)31-36-37-33(39(31)32(38)24-7-3-2-4-8-24)42-21-30(41)35-26-18-14-23(15-19-26)29(40)20-13-22-11-16-25(34)17-12-22/h2-20,32H,21H2,1H3,(H,35,41)/b20-13+. The van der Waals surface area contributed by atoms with Crippen LogP contribution in [0.2, 0.25) is 5.02 Å². The van der Waals surface area contributed by atoms with Crippen LogP contribution in [0.5, 0.6) is 0 Å². The molecule has 0 aliphatic carbocycles. The van der Waals surface area contributed by atoms with Gasteiger partial charge < -0.3 is 10.2 Å². The van der Waals surface area contributed by atoms with Gasteiger partial charge >= 0.3 is 0 Å². The lowest BCUT2D eigenvalue weighted by molar-refractivity contribution is -0.113. The maximum atomic E-state index is 12.9. The minimum Gasteiger partial charge on any atom is -0.350 e. The smallest absolute Gasteiger partial charge is 0.234 e. The van der Waals surface area contributed by atoms with Crippen LogP contribution in [-0.4, -0.2) is 39.3 Å².